The summed E-state index contributed by atoms with van der Waals surface area (Å²) in [5.41, 5.74) is 3.00. The van der Waals surface area contributed by atoms with Crippen LogP contribution in [0.3, 0.4) is 0 Å². The van der Waals surface area contributed by atoms with E-state index in [1.807, 2.05) is 23.0 Å². The van der Waals surface area contributed by atoms with E-state index in [-0.39, 0.29) is 31.0 Å². The molecule has 3 fully saturated rings. The number of aliphatic hydroxyl groups excluding tert-OH is 1. The molecule has 6 heterocycles. The Bertz CT molecular complexity index is 1150. The van der Waals surface area contributed by atoms with E-state index < -0.39 is 6.10 Å². The molecule has 0 radical (unpaired) electrons. The zero-order valence-electron chi connectivity index (χ0n) is 18.7. The lowest BCUT2D eigenvalue weighted by Crippen LogP contribution is -2.34. The third-order valence-corrected chi connectivity index (χ3v) is 7.03. The third kappa shape index (κ3) is 4.52. The van der Waals surface area contributed by atoms with Crippen LogP contribution in [0.1, 0.15) is 30.7 Å². The van der Waals surface area contributed by atoms with E-state index in [1.54, 1.807) is 0 Å². The largest absolute Gasteiger partial charge is 0.456 e. The minimum absolute atomic E-state index is 0.252. The van der Waals surface area contributed by atoms with Gasteiger partial charge in [-0.15, -0.1) is 0 Å². The third-order valence-electron chi connectivity index (χ3n) is 6.70. The van der Waals surface area contributed by atoms with Crippen molar-refractivity contribution in [2.75, 3.05) is 19.8 Å². The summed E-state index contributed by atoms with van der Waals surface area (Å²) in [6.07, 6.45) is 5.48. The second-order valence-electron chi connectivity index (χ2n) is 9.17. The fraction of sp³-hybridized carbons (Fsp3) is 0.609. The van der Waals surface area contributed by atoms with E-state index in [1.165, 1.54) is 6.42 Å². The van der Waals surface area contributed by atoms with E-state index in [0.717, 1.165) is 43.8 Å². The summed E-state index contributed by atoms with van der Waals surface area (Å²) in [7, 11) is 0. The second-order valence-corrected chi connectivity index (χ2v) is 9.57. The molecule has 3 aliphatic rings. The molecule has 3 aliphatic heterocycles. The number of aromatic nitrogens is 5. The number of aromatic amines is 1. The SMILES string of the molecule is O[C@@H]1CO[C@H]2[C@@H]1OC[C@H]2Oc1nc2nc(CCc3ccn(CC4CCCCO4)n3)c(Cl)cc2[nH]1. The number of nitrogens with zero attached hydrogens (tertiary/aromatic N) is 4. The van der Waals surface area contributed by atoms with Crippen LogP contribution in [0.5, 0.6) is 6.01 Å². The Kier molecular flexibility index (Phi) is 6.17. The van der Waals surface area contributed by atoms with Gasteiger partial charge in [-0.05, 0) is 44.2 Å². The molecule has 0 amide bonds. The van der Waals surface area contributed by atoms with Crippen molar-refractivity contribution in [2.24, 2.45) is 0 Å². The lowest BCUT2D eigenvalue weighted by atomic mass is 10.1. The number of aliphatic hydroxyl groups is 1. The van der Waals surface area contributed by atoms with Crippen LogP contribution < -0.4 is 4.74 Å². The van der Waals surface area contributed by atoms with E-state index in [9.17, 15) is 5.11 Å². The lowest BCUT2D eigenvalue weighted by molar-refractivity contribution is 0.00394. The number of imidazole rings is 1. The number of hydrogen-bond acceptors (Lipinski definition) is 8. The van der Waals surface area contributed by atoms with Crippen molar-refractivity contribution in [2.45, 2.75) is 69.2 Å². The van der Waals surface area contributed by atoms with E-state index in [2.05, 4.69) is 20.1 Å². The monoisotopic (exact) mass is 489 g/mol. The van der Waals surface area contributed by atoms with E-state index >= 15 is 0 Å². The summed E-state index contributed by atoms with van der Waals surface area (Å²) in [4.78, 5) is 12.2. The first kappa shape index (κ1) is 22.2. The minimum Gasteiger partial charge on any atom is -0.456 e. The number of aryl methyl sites for hydroxylation is 2. The van der Waals surface area contributed by atoms with Crippen LogP contribution in [0, 0.1) is 0 Å². The number of fused-ring (bicyclic) bond motifs is 2. The van der Waals surface area contributed by atoms with Crippen molar-refractivity contribution < 1.29 is 24.1 Å². The number of H-pyrrole nitrogens is 1. The molecule has 3 aromatic heterocycles. The van der Waals surface area contributed by atoms with Gasteiger partial charge in [0.1, 0.15) is 18.3 Å². The van der Waals surface area contributed by atoms with Gasteiger partial charge in [0.2, 0.25) is 0 Å². The van der Waals surface area contributed by atoms with Gasteiger partial charge in [0.05, 0.1) is 47.8 Å². The average molecular weight is 490 g/mol. The van der Waals surface area contributed by atoms with Crippen molar-refractivity contribution in [1.29, 1.82) is 0 Å². The number of halogens is 1. The van der Waals surface area contributed by atoms with Crippen LogP contribution in [0.25, 0.3) is 11.2 Å². The Balaban J connectivity index is 1.09. The summed E-state index contributed by atoms with van der Waals surface area (Å²) < 4.78 is 25.0. The predicted octanol–water partition coefficient (Wildman–Crippen LogP) is 2.07. The number of pyridine rings is 1. The highest BCUT2D eigenvalue weighted by Gasteiger charge is 2.48. The van der Waals surface area contributed by atoms with Crippen molar-refractivity contribution in [3.8, 4) is 6.01 Å². The second kappa shape index (κ2) is 9.43. The molecule has 3 aromatic rings. The maximum absolute atomic E-state index is 9.90. The summed E-state index contributed by atoms with van der Waals surface area (Å²) in [6, 6.07) is 4.19. The smallest absolute Gasteiger partial charge is 0.296 e. The molecule has 11 heteroatoms. The fourth-order valence-corrected chi connectivity index (χ4v) is 5.14. The zero-order chi connectivity index (χ0) is 23.1. The molecule has 0 bridgehead atoms. The van der Waals surface area contributed by atoms with Gasteiger partial charge in [0, 0.05) is 12.8 Å². The van der Waals surface area contributed by atoms with Crippen molar-refractivity contribution in [3.63, 3.8) is 0 Å². The quantitative estimate of drug-likeness (QED) is 0.518. The Hall–Kier alpha value is -2.24. The number of hydrogen-bond donors (Lipinski definition) is 2. The Morgan fingerprint density at radius 1 is 1.15 bits per heavy atom. The molecule has 10 nitrogen and oxygen atoms in total. The van der Waals surface area contributed by atoms with Gasteiger partial charge in [0.25, 0.3) is 6.01 Å². The van der Waals surface area contributed by atoms with Crippen molar-refractivity contribution in [3.05, 3.63) is 34.7 Å². The van der Waals surface area contributed by atoms with Gasteiger partial charge in [-0.1, -0.05) is 11.6 Å². The topological polar surface area (TPSA) is 117 Å². The van der Waals surface area contributed by atoms with Gasteiger partial charge >= 0.3 is 0 Å². The normalized spacial score (nSPS) is 29.1. The average Bonchev–Trinajstić information content (AvgIpc) is 3.60. The molecule has 2 N–H and O–H groups in total. The molecule has 3 saturated heterocycles. The fourth-order valence-electron chi connectivity index (χ4n) is 4.90. The molecule has 0 spiro atoms. The maximum atomic E-state index is 9.90. The van der Waals surface area contributed by atoms with Crippen molar-refractivity contribution >= 4 is 22.8 Å². The summed E-state index contributed by atoms with van der Waals surface area (Å²) >= 11 is 6.51. The highest BCUT2D eigenvalue weighted by molar-refractivity contribution is 6.31. The maximum Gasteiger partial charge on any atom is 0.296 e. The van der Waals surface area contributed by atoms with Gasteiger partial charge in [-0.3, -0.25) is 4.68 Å². The molecule has 182 valence electrons. The molecular weight excluding hydrogens is 462 g/mol. The van der Waals surface area contributed by atoms with E-state index in [4.69, 9.17) is 30.5 Å². The standard InChI is InChI=1S/C23H28ClN5O5/c24-15-9-17-22(27-23(26-17)34-19-12-33-20-18(30)11-32-21(19)20)25-16(15)5-4-13-6-7-29(28-13)10-14-3-1-2-8-31-14/h6-7,9,14,18-21,30H,1-5,8,10-12H2,(H,25,26,27)/t14?,18-,19-,20-,21-/m1/s1. The lowest BCUT2D eigenvalue weighted by Gasteiger charge is -2.22. The van der Waals surface area contributed by atoms with Crippen LogP contribution in [-0.4, -0.2) is 80.2 Å². The van der Waals surface area contributed by atoms with Gasteiger partial charge in [0.15, 0.2) is 11.8 Å². The summed E-state index contributed by atoms with van der Waals surface area (Å²) in [5.74, 6) is 0. The summed E-state index contributed by atoms with van der Waals surface area (Å²) in [5, 5.41) is 15.2. The molecule has 34 heavy (non-hydrogen) atoms. The minimum atomic E-state index is -0.621. The Morgan fingerprint density at radius 2 is 2.06 bits per heavy atom. The molecular formula is C23H28ClN5O5. The molecule has 0 aliphatic carbocycles. The Morgan fingerprint density at radius 3 is 2.94 bits per heavy atom. The molecule has 6 rings (SSSR count). The predicted molar refractivity (Wildman–Crippen MR) is 122 cm³/mol. The van der Waals surface area contributed by atoms with Crippen LogP contribution in [0.15, 0.2) is 18.3 Å². The number of ether oxygens (including phenoxy) is 4. The molecule has 1 unspecified atom stereocenters. The van der Waals surface area contributed by atoms with Crippen LogP contribution in [0.2, 0.25) is 5.02 Å². The zero-order valence-corrected chi connectivity index (χ0v) is 19.5. The first-order valence-corrected chi connectivity index (χ1v) is 12.3. The molecule has 0 saturated carbocycles. The molecule has 5 atom stereocenters. The van der Waals surface area contributed by atoms with Crippen LogP contribution in [-0.2, 0) is 33.6 Å². The highest BCUT2D eigenvalue weighted by atomic mass is 35.5. The van der Waals surface area contributed by atoms with Gasteiger partial charge in [-0.2, -0.15) is 10.1 Å². The summed E-state index contributed by atoms with van der Waals surface area (Å²) in [6.45, 7) is 2.22. The highest BCUT2D eigenvalue weighted by Crippen LogP contribution is 2.30. The van der Waals surface area contributed by atoms with E-state index in [0.29, 0.717) is 35.2 Å². The molecule has 0 aromatic carbocycles. The first-order valence-electron chi connectivity index (χ1n) is 11.9. The van der Waals surface area contributed by atoms with Gasteiger partial charge in [-0.25, -0.2) is 4.98 Å². The van der Waals surface area contributed by atoms with Crippen molar-refractivity contribution in [1.82, 2.24) is 24.7 Å². The van der Waals surface area contributed by atoms with Gasteiger partial charge < -0.3 is 29.0 Å². The van der Waals surface area contributed by atoms with Crippen LogP contribution in [0.4, 0.5) is 0 Å². The number of nitrogens with one attached hydrogen (secondary N) is 1. The number of rotatable bonds is 7. The Labute approximate surface area is 201 Å². The van der Waals surface area contributed by atoms with Crippen LogP contribution >= 0.6 is 11.6 Å². The first-order chi connectivity index (χ1) is 16.6.